The number of carboxylic acid groups (broad SMARTS) is 1. The molecular weight excluding hydrogens is 195 g/mol. The van der Waals surface area contributed by atoms with Crippen molar-refractivity contribution in [1.29, 1.82) is 0 Å². The van der Waals surface area contributed by atoms with Crippen LogP contribution in [-0.2, 0) is 24.1 Å². The molecule has 0 aliphatic heterocycles. The molecule has 1 aromatic rings. The van der Waals surface area contributed by atoms with Crippen LogP contribution in [0.5, 0.6) is 0 Å². The number of benzene rings is 1. The van der Waals surface area contributed by atoms with Gasteiger partial charge >= 0.3 is 5.97 Å². The predicted molar refractivity (Wildman–Crippen MR) is 56.5 cm³/mol. The summed E-state index contributed by atoms with van der Waals surface area (Å²) in [5.74, 6) is -1.15. The van der Waals surface area contributed by atoms with Crippen molar-refractivity contribution in [2.45, 2.75) is 33.1 Å². The molecule has 0 bridgehead atoms. The number of hydrogen-bond donors (Lipinski definition) is 1. The second-order valence-corrected chi connectivity index (χ2v) is 3.48. The average Bonchev–Trinajstić information content (AvgIpc) is 2.19. The van der Waals surface area contributed by atoms with Crippen molar-refractivity contribution in [2.75, 3.05) is 0 Å². The van der Waals surface area contributed by atoms with Crippen molar-refractivity contribution in [1.82, 2.24) is 0 Å². The second-order valence-electron chi connectivity index (χ2n) is 3.48. The molecule has 15 heavy (non-hydrogen) atoms. The third kappa shape index (κ3) is 2.78. The summed E-state index contributed by atoms with van der Waals surface area (Å²) in [6, 6.07) is 2.86. The number of aliphatic carboxylic acids is 1. The molecule has 0 aliphatic carbocycles. The van der Waals surface area contributed by atoms with Crippen LogP contribution in [0.4, 0.5) is 4.39 Å². The van der Waals surface area contributed by atoms with Gasteiger partial charge < -0.3 is 5.11 Å². The SMILES string of the molecule is CCc1cc(F)cc(CC)c1CC(=O)O. The Morgan fingerprint density at radius 3 is 2.07 bits per heavy atom. The summed E-state index contributed by atoms with van der Waals surface area (Å²) in [4.78, 5) is 10.7. The summed E-state index contributed by atoms with van der Waals surface area (Å²) in [7, 11) is 0. The number of carboxylic acids is 1. The van der Waals surface area contributed by atoms with Gasteiger partial charge in [0.1, 0.15) is 5.82 Å². The number of hydrogen-bond acceptors (Lipinski definition) is 1. The van der Waals surface area contributed by atoms with Crippen LogP contribution in [0.25, 0.3) is 0 Å². The molecule has 82 valence electrons. The topological polar surface area (TPSA) is 37.3 Å². The third-order valence-corrected chi connectivity index (χ3v) is 2.49. The van der Waals surface area contributed by atoms with Crippen LogP contribution in [0.15, 0.2) is 12.1 Å². The lowest BCUT2D eigenvalue weighted by Crippen LogP contribution is -2.07. The van der Waals surface area contributed by atoms with Crippen LogP contribution in [-0.4, -0.2) is 11.1 Å². The van der Waals surface area contributed by atoms with E-state index in [1.54, 1.807) is 0 Å². The van der Waals surface area contributed by atoms with E-state index in [-0.39, 0.29) is 12.2 Å². The largest absolute Gasteiger partial charge is 0.481 e. The van der Waals surface area contributed by atoms with Crippen LogP contribution < -0.4 is 0 Å². The Morgan fingerprint density at radius 1 is 1.27 bits per heavy atom. The first kappa shape index (κ1) is 11.7. The van der Waals surface area contributed by atoms with Gasteiger partial charge in [-0.05, 0) is 41.7 Å². The Bertz CT molecular complexity index is 347. The van der Waals surface area contributed by atoms with Crippen molar-refractivity contribution in [3.63, 3.8) is 0 Å². The van der Waals surface area contributed by atoms with E-state index in [0.29, 0.717) is 12.8 Å². The molecule has 0 unspecified atom stereocenters. The normalized spacial score (nSPS) is 10.3. The van der Waals surface area contributed by atoms with E-state index in [4.69, 9.17) is 5.11 Å². The van der Waals surface area contributed by atoms with Crippen molar-refractivity contribution < 1.29 is 14.3 Å². The van der Waals surface area contributed by atoms with Gasteiger partial charge in [-0.25, -0.2) is 4.39 Å². The van der Waals surface area contributed by atoms with Crippen molar-refractivity contribution in [3.8, 4) is 0 Å². The minimum Gasteiger partial charge on any atom is -0.481 e. The van der Waals surface area contributed by atoms with E-state index in [2.05, 4.69) is 0 Å². The maximum Gasteiger partial charge on any atom is 0.307 e. The molecule has 0 amide bonds. The Kier molecular flexibility index (Phi) is 3.83. The van der Waals surface area contributed by atoms with E-state index in [0.717, 1.165) is 16.7 Å². The lowest BCUT2D eigenvalue weighted by Gasteiger charge is -2.11. The zero-order chi connectivity index (χ0) is 11.4. The fourth-order valence-corrected chi connectivity index (χ4v) is 1.76. The molecule has 0 spiro atoms. The Hall–Kier alpha value is -1.38. The predicted octanol–water partition coefficient (Wildman–Crippen LogP) is 2.58. The Balaban J connectivity index is 3.23. The van der Waals surface area contributed by atoms with Crippen LogP contribution in [0.2, 0.25) is 0 Å². The first-order valence-corrected chi connectivity index (χ1v) is 5.10. The molecule has 0 radical (unpaired) electrons. The molecule has 2 nitrogen and oxygen atoms in total. The minimum atomic E-state index is -0.869. The first-order chi connectivity index (χ1) is 7.08. The molecule has 0 fully saturated rings. The molecule has 0 aliphatic rings. The van der Waals surface area contributed by atoms with Gasteiger partial charge in [0.25, 0.3) is 0 Å². The quantitative estimate of drug-likeness (QED) is 0.829. The first-order valence-electron chi connectivity index (χ1n) is 5.10. The molecule has 1 N–H and O–H groups in total. The van der Waals surface area contributed by atoms with Gasteiger partial charge in [-0.3, -0.25) is 4.79 Å². The summed E-state index contributed by atoms with van der Waals surface area (Å²) in [5, 5.41) is 8.78. The van der Waals surface area contributed by atoms with Crippen molar-refractivity contribution in [2.24, 2.45) is 0 Å². The lowest BCUT2D eigenvalue weighted by atomic mass is 9.95. The zero-order valence-corrected chi connectivity index (χ0v) is 9.01. The maximum absolute atomic E-state index is 13.2. The summed E-state index contributed by atoms with van der Waals surface area (Å²) < 4.78 is 13.2. The van der Waals surface area contributed by atoms with Gasteiger partial charge in [-0.2, -0.15) is 0 Å². The summed E-state index contributed by atoms with van der Waals surface area (Å²) >= 11 is 0. The molecule has 0 saturated heterocycles. The second kappa shape index (κ2) is 4.91. The van der Waals surface area contributed by atoms with Crippen LogP contribution in [0.1, 0.15) is 30.5 Å². The fraction of sp³-hybridized carbons (Fsp3) is 0.417. The van der Waals surface area contributed by atoms with Gasteiger partial charge in [-0.1, -0.05) is 13.8 Å². The van der Waals surface area contributed by atoms with Crippen molar-refractivity contribution >= 4 is 5.97 Å². The number of rotatable bonds is 4. The molecule has 1 aromatic carbocycles. The summed E-state index contributed by atoms with van der Waals surface area (Å²) in [6.07, 6.45) is 1.30. The number of halogens is 1. The maximum atomic E-state index is 13.2. The van der Waals surface area contributed by atoms with E-state index < -0.39 is 5.97 Å². The van der Waals surface area contributed by atoms with E-state index in [1.165, 1.54) is 12.1 Å². The number of aryl methyl sites for hydroxylation is 2. The van der Waals surface area contributed by atoms with E-state index in [1.807, 2.05) is 13.8 Å². The lowest BCUT2D eigenvalue weighted by molar-refractivity contribution is -0.136. The highest BCUT2D eigenvalue weighted by Crippen LogP contribution is 2.19. The fourth-order valence-electron chi connectivity index (χ4n) is 1.76. The molecule has 0 heterocycles. The van der Waals surface area contributed by atoms with E-state index in [9.17, 15) is 9.18 Å². The average molecular weight is 210 g/mol. The highest BCUT2D eigenvalue weighted by atomic mass is 19.1. The summed E-state index contributed by atoms with van der Waals surface area (Å²) in [5.41, 5.74) is 2.37. The molecule has 1 rings (SSSR count). The minimum absolute atomic E-state index is 0.0212. The molecule has 0 aromatic heterocycles. The van der Waals surface area contributed by atoms with Crippen LogP contribution >= 0.6 is 0 Å². The van der Waals surface area contributed by atoms with Gasteiger partial charge in [0.15, 0.2) is 0 Å². The standard InChI is InChI=1S/C12H15FO2/c1-3-8-5-10(13)6-9(4-2)11(8)7-12(14)15/h5-6H,3-4,7H2,1-2H3,(H,14,15). The third-order valence-electron chi connectivity index (χ3n) is 2.49. The Morgan fingerprint density at radius 2 is 1.73 bits per heavy atom. The zero-order valence-electron chi connectivity index (χ0n) is 9.01. The van der Waals surface area contributed by atoms with Crippen molar-refractivity contribution in [3.05, 3.63) is 34.6 Å². The summed E-state index contributed by atoms with van der Waals surface area (Å²) in [6.45, 7) is 3.80. The van der Waals surface area contributed by atoms with E-state index >= 15 is 0 Å². The van der Waals surface area contributed by atoms with Gasteiger partial charge in [-0.15, -0.1) is 0 Å². The Labute approximate surface area is 88.7 Å². The van der Waals surface area contributed by atoms with Gasteiger partial charge in [0, 0.05) is 0 Å². The van der Waals surface area contributed by atoms with Crippen LogP contribution in [0, 0.1) is 5.82 Å². The molecule has 0 atom stereocenters. The van der Waals surface area contributed by atoms with Gasteiger partial charge in [0.2, 0.25) is 0 Å². The number of carbonyl (C=O) groups is 1. The monoisotopic (exact) mass is 210 g/mol. The molecule has 3 heteroatoms. The molecule has 0 saturated carbocycles. The highest BCUT2D eigenvalue weighted by molar-refractivity contribution is 5.71. The van der Waals surface area contributed by atoms with Crippen LogP contribution in [0.3, 0.4) is 0 Å². The smallest absolute Gasteiger partial charge is 0.307 e. The van der Waals surface area contributed by atoms with Gasteiger partial charge in [0.05, 0.1) is 6.42 Å². The molecular formula is C12H15FO2. The highest BCUT2D eigenvalue weighted by Gasteiger charge is 2.11.